The first kappa shape index (κ1) is 13.6. The van der Waals surface area contributed by atoms with E-state index in [0.717, 1.165) is 5.56 Å². The number of hydrogen-bond acceptors (Lipinski definition) is 5. The van der Waals surface area contributed by atoms with Gasteiger partial charge in [-0.15, -0.1) is 0 Å². The molecule has 0 amide bonds. The summed E-state index contributed by atoms with van der Waals surface area (Å²) in [7, 11) is 1.62. The van der Waals surface area contributed by atoms with Gasteiger partial charge in [-0.3, -0.25) is 9.89 Å². The molecule has 0 aliphatic rings. The van der Waals surface area contributed by atoms with Crippen molar-refractivity contribution in [3.8, 4) is 5.88 Å². The van der Waals surface area contributed by atoms with Gasteiger partial charge in [0.15, 0.2) is 0 Å². The van der Waals surface area contributed by atoms with Crippen LogP contribution in [0.1, 0.15) is 5.56 Å². The lowest BCUT2D eigenvalue weighted by atomic mass is 10.3. The summed E-state index contributed by atoms with van der Waals surface area (Å²) in [5, 5.41) is 7.15. The number of H-pyrrole nitrogens is 1. The molecule has 7 nitrogen and oxygen atoms in total. The largest absolute Gasteiger partial charge is 0.477 e. The molecule has 0 bridgehead atoms. The third kappa shape index (κ3) is 2.73. The van der Waals surface area contributed by atoms with Crippen LogP contribution < -0.4 is 10.3 Å². The summed E-state index contributed by atoms with van der Waals surface area (Å²) < 4.78 is 6.99. The van der Waals surface area contributed by atoms with E-state index in [-0.39, 0.29) is 16.6 Å². The molecule has 21 heavy (non-hydrogen) atoms. The van der Waals surface area contributed by atoms with E-state index in [0.29, 0.717) is 23.9 Å². The van der Waals surface area contributed by atoms with Gasteiger partial charge in [-0.05, 0) is 5.56 Å². The molecule has 0 aliphatic heterocycles. The summed E-state index contributed by atoms with van der Waals surface area (Å²) in [6.07, 6.45) is 5.59. The average Bonchev–Trinajstić information content (AvgIpc) is 2.96. The van der Waals surface area contributed by atoms with Crippen LogP contribution in [0.4, 0.5) is 0 Å². The molecule has 8 heteroatoms. The maximum absolute atomic E-state index is 12.2. The number of fused-ring (bicyclic) bond motifs is 1. The zero-order valence-corrected chi connectivity index (χ0v) is 12.0. The third-order valence-electron chi connectivity index (χ3n) is 3.02. The van der Waals surface area contributed by atoms with Crippen molar-refractivity contribution >= 4 is 22.5 Å². The minimum absolute atomic E-state index is 0.203. The molecule has 3 heterocycles. The molecular formula is C13H12ClN5O2. The quantitative estimate of drug-likeness (QED) is 0.735. The van der Waals surface area contributed by atoms with Gasteiger partial charge in [-0.1, -0.05) is 11.6 Å². The second-order valence-corrected chi connectivity index (χ2v) is 4.90. The molecule has 0 radical (unpaired) electrons. The molecule has 0 spiro atoms. The van der Waals surface area contributed by atoms with Crippen molar-refractivity contribution in [3.05, 3.63) is 45.9 Å². The second kappa shape index (κ2) is 5.53. The first-order valence-corrected chi connectivity index (χ1v) is 6.65. The van der Waals surface area contributed by atoms with Crippen molar-refractivity contribution < 1.29 is 4.74 Å². The fourth-order valence-corrected chi connectivity index (χ4v) is 2.12. The average molecular weight is 306 g/mol. The van der Waals surface area contributed by atoms with Gasteiger partial charge >= 0.3 is 0 Å². The summed E-state index contributed by atoms with van der Waals surface area (Å²) >= 11 is 5.94. The number of hydrogen-bond donors (Lipinski definition) is 1. The molecule has 0 unspecified atom stereocenters. The van der Waals surface area contributed by atoms with Crippen LogP contribution in [0.25, 0.3) is 10.9 Å². The Balaban J connectivity index is 1.93. The number of ether oxygens (including phenoxy) is 1. The van der Waals surface area contributed by atoms with Crippen molar-refractivity contribution in [2.24, 2.45) is 7.05 Å². The van der Waals surface area contributed by atoms with Gasteiger partial charge in [0, 0.05) is 25.7 Å². The smallest absolute Gasteiger partial charge is 0.266 e. The predicted molar refractivity (Wildman–Crippen MR) is 77.6 cm³/mol. The molecule has 108 valence electrons. The van der Waals surface area contributed by atoms with Crippen LogP contribution in [0.15, 0.2) is 29.6 Å². The van der Waals surface area contributed by atoms with Gasteiger partial charge in [0.2, 0.25) is 5.88 Å². The van der Waals surface area contributed by atoms with E-state index >= 15 is 0 Å². The number of nitrogens with zero attached hydrogens (tertiary/aromatic N) is 4. The van der Waals surface area contributed by atoms with Gasteiger partial charge in [0.1, 0.15) is 10.5 Å². The van der Waals surface area contributed by atoms with Crippen LogP contribution in [0.5, 0.6) is 5.88 Å². The molecule has 0 aromatic carbocycles. The van der Waals surface area contributed by atoms with Crippen molar-refractivity contribution in [1.29, 1.82) is 0 Å². The number of aromatic amines is 1. The van der Waals surface area contributed by atoms with Crippen molar-refractivity contribution in [2.75, 3.05) is 6.61 Å². The van der Waals surface area contributed by atoms with E-state index in [1.165, 1.54) is 10.9 Å². The molecule has 3 aromatic rings. The van der Waals surface area contributed by atoms with Gasteiger partial charge in [-0.25, -0.2) is 9.97 Å². The molecule has 0 fully saturated rings. The monoisotopic (exact) mass is 305 g/mol. The first-order chi connectivity index (χ1) is 10.1. The van der Waals surface area contributed by atoms with E-state index < -0.39 is 0 Å². The summed E-state index contributed by atoms with van der Waals surface area (Å²) in [6, 6.07) is 1.54. The zero-order valence-electron chi connectivity index (χ0n) is 11.2. The van der Waals surface area contributed by atoms with Crippen LogP contribution in [0.3, 0.4) is 0 Å². The molecule has 3 aromatic heterocycles. The van der Waals surface area contributed by atoms with Crippen LogP contribution in [0.2, 0.25) is 5.15 Å². The van der Waals surface area contributed by atoms with E-state index in [9.17, 15) is 4.79 Å². The normalized spacial score (nSPS) is 11.0. The number of nitrogens with one attached hydrogen (secondary N) is 1. The minimum Gasteiger partial charge on any atom is -0.477 e. The summed E-state index contributed by atoms with van der Waals surface area (Å²) in [5.74, 6) is 0.203. The first-order valence-electron chi connectivity index (χ1n) is 6.27. The van der Waals surface area contributed by atoms with E-state index in [2.05, 4.69) is 20.2 Å². The number of pyridine rings is 1. The number of aromatic nitrogens is 5. The fraction of sp³-hybridized carbons (Fsp3) is 0.231. The minimum atomic E-state index is -0.220. The second-order valence-electron chi connectivity index (χ2n) is 4.51. The van der Waals surface area contributed by atoms with Crippen LogP contribution in [0, 0.1) is 0 Å². The Labute approximate surface area is 124 Å². The predicted octanol–water partition coefficient (Wildman–Crippen LogP) is 1.33. The van der Waals surface area contributed by atoms with Crippen LogP contribution >= 0.6 is 11.6 Å². The Bertz CT molecular complexity index is 828. The van der Waals surface area contributed by atoms with Gasteiger partial charge < -0.3 is 9.30 Å². The van der Waals surface area contributed by atoms with Crippen molar-refractivity contribution in [3.63, 3.8) is 0 Å². The lowest BCUT2D eigenvalue weighted by Gasteiger charge is -2.08. The lowest BCUT2D eigenvalue weighted by Crippen LogP contribution is -2.18. The summed E-state index contributed by atoms with van der Waals surface area (Å²) in [4.78, 5) is 20.5. The number of aryl methyl sites for hydroxylation is 1. The molecule has 0 aliphatic carbocycles. The number of rotatable bonds is 4. The van der Waals surface area contributed by atoms with Gasteiger partial charge in [0.25, 0.3) is 5.56 Å². The standard InChI is InChI=1S/C13H12ClN5O2/c1-19-7-15-9-4-10(14)18-12(11(9)13(19)20)21-3-2-8-5-16-17-6-8/h4-7H,2-3H2,1H3,(H,16,17). The van der Waals surface area contributed by atoms with Crippen LogP contribution in [-0.4, -0.2) is 31.3 Å². The summed E-state index contributed by atoms with van der Waals surface area (Å²) in [6.45, 7) is 0.361. The lowest BCUT2D eigenvalue weighted by molar-refractivity contribution is 0.313. The van der Waals surface area contributed by atoms with E-state index in [4.69, 9.17) is 16.3 Å². The van der Waals surface area contributed by atoms with Gasteiger partial charge in [0.05, 0.1) is 24.6 Å². The van der Waals surface area contributed by atoms with E-state index in [1.54, 1.807) is 25.5 Å². The van der Waals surface area contributed by atoms with E-state index in [1.807, 2.05) is 0 Å². The molecule has 0 atom stereocenters. The molecule has 0 saturated heterocycles. The highest BCUT2D eigenvalue weighted by molar-refractivity contribution is 6.30. The van der Waals surface area contributed by atoms with Gasteiger partial charge in [-0.2, -0.15) is 5.10 Å². The molecular weight excluding hydrogens is 294 g/mol. The highest BCUT2D eigenvalue weighted by Gasteiger charge is 2.12. The highest BCUT2D eigenvalue weighted by atomic mass is 35.5. The Morgan fingerprint density at radius 3 is 3.10 bits per heavy atom. The maximum atomic E-state index is 12.2. The van der Waals surface area contributed by atoms with Crippen molar-refractivity contribution in [2.45, 2.75) is 6.42 Å². The van der Waals surface area contributed by atoms with Crippen LogP contribution in [-0.2, 0) is 13.5 Å². The highest BCUT2D eigenvalue weighted by Crippen LogP contribution is 2.22. The Morgan fingerprint density at radius 2 is 2.33 bits per heavy atom. The van der Waals surface area contributed by atoms with Crippen molar-refractivity contribution in [1.82, 2.24) is 24.7 Å². The fourth-order valence-electron chi connectivity index (χ4n) is 1.94. The molecule has 0 saturated carbocycles. The third-order valence-corrected chi connectivity index (χ3v) is 3.22. The Morgan fingerprint density at radius 1 is 1.48 bits per heavy atom. The topological polar surface area (TPSA) is 85.7 Å². The number of halogens is 1. The maximum Gasteiger partial charge on any atom is 0.266 e. The Kier molecular flexibility index (Phi) is 3.57. The molecule has 3 rings (SSSR count). The Hall–Kier alpha value is -2.41. The SMILES string of the molecule is Cn1cnc2cc(Cl)nc(OCCc3cn[nH]c3)c2c1=O. The zero-order chi connectivity index (χ0) is 14.8. The summed E-state index contributed by atoms with van der Waals surface area (Å²) in [5.41, 5.74) is 1.26. The molecule has 1 N–H and O–H groups in total.